The molecule has 0 aliphatic carbocycles. The number of rotatable bonds is 5. The first-order valence-electron chi connectivity index (χ1n) is 8.87. The summed E-state index contributed by atoms with van der Waals surface area (Å²) in [5, 5.41) is 0. The lowest BCUT2D eigenvalue weighted by atomic mass is 10.1. The quantitative estimate of drug-likeness (QED) is 0.731. The first-order valence-corrected chi connectivity index (χ1v) is 10.3. The van der Waals surface area contributed by atoms with E-state index in [0.717, 1.165) is 5.56 Å². The van der Waals surface area contributed by atoms with Gasteiger partial charge in [0.2, 0.25) is 10.0 Å². The number of hydrogen-bond donors (Lipinski definition) is 0. The number of ether oxygens (including phenoxy) is 1. The lowest BCUT2D eigenvalue weighted by Crippen LogP contribution is -2.42. The number of carbonyl (C=O) groups is 1. The van der Waals surface area contributed by atoms with E-state index in [1.54, 1.807) is 31.2 Å². The van der Waals surface area contributed by atoms with Gasteiger partial charge in [0.05, 0.1) is 17.5 Å². The summed E-state index contributed by atoms with van der Waals surface area (Å²) in [6, 6.07) is 10.8. The molecule has 0 bridgehead atoms. The highest BCUT2D eigenvalue weighted by molar-refractivity contribution is 7.89. The van der Waals surface area contributed by atoms with Gasteiger partial charge in [0.25, 0.3) is 0 Å². The SMILES string of the molecule is CCOC(=O)C1CC[C@H](c2ccc(F)cc2)N1S(=O)(=O)c1ccc(C)cc1. The summed E-state index contributed by atoms with van der Waals surface area (Å²) in [7, 11) is -3.94. The van der Waals surface area contributed by atoms with Crippen LogP contribution < -0.4 is 0 Å². The average molecular weight is 391 g/mol. The number of benzene rings is 2. The molecule has 0 aromatic heterocycles. The number of aryl methyl sites for hydroxylation is 1. The summed E-state index contributed by atoms with van der Waals surface area (Å²) >= 11 is 0. The molecule has 144 valence electrons. The van der Waals surface area contributed by atoms with Crippen LogP contribution in [0.15, 0.2) is 53.4 Å². The van der Waals surface area contributed by atoms with E-state index in [0.29, 0.717) is 18.4 Å². The highest BCUT2D eigenvalue weighted by atomic mass is 32.2. The molecule has 0 saturated carbocycles. The molecular formula is C20H22FNO4S. The van der Waals surface area contributed by atoms with E-state index in [4.69, 9.17) is 4.74 Å². The third kappa shape index (κ3) is 3.89. The summed E-state index contributed by atoms with van der Waals surface area (Å²) < 4.78 is 46.4. The summed E-state index contributed by atoms with van der Waals surface area (Å²) in [5.41, 5.74) is 1.59. The van der Waals surface area contributed by atoms with Gasteiger partial charge in [-0.3, -0.25) is 4.79 Å². The number of halogens is 1. The molecule has 2 aromatic rings. The predicted octanol–water partition coefficient (Wildman–Crippen LogP) is 3.59. The number of carbonyl (C=O) groups excluding carboxylic acids is 1. The van der Waals surface area contributed by atoms with Gasteiger partial charge in [-0.25, -0.2) is 12.8 Å². The molecule has 1 saturated heterocycles. The minimum Gasteiger partial charge on any atom is -0.465 e. The zero-order valence-electron chi connectivity index (χ0n) is 15.3. The van der Waals surface area contributed by atoms with Gasteiger partial charge in [-0.15, -0.1) is 0 Å². The fourth-order valence-corrected chi connectivity index (χ4v) is 5.23. The van der Waals surface area contributed by atoms with Gasteiger partial charge in [0, 0.05) is 0 Å². The maximum absolute atomic E-state index is 13.4. The van der Waals surface area contributed by atoms with Crippen LogP contribution >= 0.6 is 0 Å². The summed E-state index contributed by atoms with van der Waals surface area (Å²) in [6.07, 6.45) is 0.812. The minimum absolute atomic E-state index is 0.122. The van der Waals surface area contributed by atoms with E-state index in [2.05, 4.69) is 0 Å². The van der Waals surface area contributed by atoms with Crippen LogP contribution in [0.3, 0.4) is 0 Å². The van der Waals surface area contributed by atoms with Crippen molar-refractivity contribution in [3.8, 4) is 0 Å². The van der Waals surface area contributed by atoms with Crippen molar-refractivity contribution in [2.45, 2.75) is 43.7 Å². The smallest absolute Gasteiger partial charge is 0.324 e. The zero-order chi connectivity index (χ0) is 19.6. The first kappa shape index (κ1) is 19.5. The van der Waals surface area contributed by atoms with Gasteiger partial charge in [-0.05, 0) is 56.5 Å². The number of sulfonamides is 1. The van der Waals surface area contributed by atoms with Crippen molar-refractivity contribution in [1.82, 2.24) is 4.31 Å². The molecule has 3 rings (SSSR count). The lowest BCUT2D eigenvalue weighted by molar-refractivity contribution is -0.147. The summed E-state index contributed by atoms with van der Waals surface area (Å²) in [6.45, 7) is 3.73. The van der Waals surface area contributed by atoms with Crippen molar-refractivity contribution in [3.05, 3.63) is 65.5 Å². The van der Waals surface area contributed by atoms with Crippen molar-refractivity contribution >= 4 is 16.0 Å². The van der Waals surface area contributed by atoms with Crippen LogP contribution in [0.1, 0.15) is 36.9 Å². The molecular weight excluding hydrogens is 369 g/mol. The van der Waals surface area contributed by atoms with E-state index in [1.165, 1.54) is 28.6 Å². The number of hydrogen-bond acceptors (Lipinski definition) is 4. The molecule has 0 amide bonds. The second-order valence-electron chi connectivity index (χ2n) is 6.56. The topological polar surface area (TPSA) is 63.7 Å². The second kappa shape index (κ2) is 7.78. The maximum Gasteiger partial charge on any atom is 0.324 e. The molecule has 1 aliphatic rings. The van der Waals surface area contributed by atoms with E-state index in [9.17, 15) is 17.6 Å². The lowest BCUT2D eigenvalue weighted by Gasteiger charge is -2.28. The normalized spacial score (nSPS) is 20.6. The molecule has 1 heterocycles. The summed E-state index contributed by atoms with van der Waals surface area (Å²) in [5.74, 6) is -0.954. The van der Waals surface area contributed by atoms with Gasteiger partial charge in [-0.2, -0.15) is 4.31 Å². The molecule has 2 aromatic carbocycles. The van der Waals surface area contributed by atoms with E-state index >= 15 is 0 Å². The van der Waals surface area contributed by atoms with Gasteiger partial charge in [0.15, 0.2) is 0 Å². The van der Waals surface area contributed by atoms with Crippen molar-refractivity contribution in [3.63, 3.8) is 0 Å². The monoisotopic (exact) mass is 391 g/mol. The Morgan fingerprint density at radius 2 is 1.74 bits per heavy atom. The highest BCUT2D eigenvalue weighted by Crippen LogP contribution is 2.41. The summed E-state index contributed by atoms with van der Waals surface area (Å²) in [4.78, 5) is 12.6. The van der Waals surface area contributed by atoms with E-state index in [-0.39, 0.29) is 11.5 Å². The van der Waals surface area contributed by atoms with Crippen molar-refractivity contribution in [2.75, 3.05) is 6.61 Å². The highest BCUT2D eigenvalue weighted by Gasteiger charge is 2.46. The van der Waals surface area contributed by atoms with Gasteiger partial charge < -0.3 is 4.74 Å². The zero-order valence-corrected chi connectivity index (χ0v) is 16.1. The van der Waals surface area contributed by atoms with Crippen LogP contribution in [0.25, 0.3) is 0 Å². The fraction of sp³-hybridized carbons (Fsp3) is 0.350. The Hall–Kier alpha value is -2.25. The number of nitrogens with zero attached hydrogens (tertiary/aromatic N) is 1. The Morgan fingerprint density at radius 3 is 2.33 bits per heavy atom. The fourth-order valence-electron chi connectivity index (χ4n) is 3.41. The van der Waals surface area contributed by atoms with Gasteiger partial charge in [0.1, 0.15) is 11.9 Å². The van der Waals surface area contributed by atoms with E-state index in [1.807, 2.05) is 6.92 Å². The Kier molecular flexibility index (Phi) is 5.62. The van der Waals surface area contributed by atoms with Crippen LogP contribution in [0.5, 0.6) is 0 Å². The molecule has 0 radical (unpaired) electrons. The van der Waals surface area contributed by atoms with Crippen LogP contribution in [0.2, 0.25) is 0 Å². The standard InChI is InChI=1S/C20H22FNO4S/c1-3-26-20(23)19-13-12-18(15-6-8-16(21)9-7-15)22(19)27(24,25)17-10-4-14(2)5-11-17/h4-11,18-19H,3,12-13H2,1-2H3/t18-,19?/m1/s1. The van der Waals surface area contributed by atoms with Crippen molar-refractivity contribution in [2.24, 2.45) is 0 Å². The Bertz CT molecular complexity index is 910. The third-order valence-corrected chi connectivity index (χ3v) is 6.67. The molecule has 27 heavy (non-hydrogen) atoms. The molecule has 5 nitrogen and oxygen atoms in total. The minimum atomic E-state index is -3.94. The largest absolute Gasteiger partial charge is 0.465 e. The Balaban J connectivity index is 2.05. The van der Waals surface area contributed by atoms with E-state index < -0.39 is 33.9 Å². The Morgan fingerprint density at radius 1 is 1.11 bits per heavy atom. The van der Waals surface area contributed by atoms with Gasteiger partial charge in [-0.1, -0.05) is 29.8 Å². The molecule has 2 atom stereocenters. The number of esters is 1. The molecule has 1 fully saturated rings. The molecule has 7 heteroatoms. The van der Waals surface area contributed by atoms with Crippen LogP contribution in [0, 0.1) is 12.7 Å². The Labute approximate surface area is 158 Å². The van der Waals surface area contributed by atoms with Gasteiger partial charge >= 0.3 is 5.97 Å². The van der Waals surface area contributed by atoms with Crippen molar-refractivity contribution < 1.29 is 22.3 Å². The molecule has 0 N–H and O–H groups in total. The molecule has 0 spiro atoms. The third-order valence-electron chi connectivity index (χ3n) is 4.74. The average Bonchev–Trinajstić information content (AvgIpc) is 3.09. The second-order valence-corrected chi connectivity index (χ2v) is 8.40. The molecule has 1 aliphatic heterocycles. The predicted molar refractivity (Wildman–Crippen MR) is 99.0 cm³/mol. The first-order chi connectivity index (χ1) is 12.8. The van der Waals surface area contributed by atoms with Crippen LogP contribution in [-0.4, -0.2) is 31.3 Å². The van der Waals surface area contributed by atoms with Crippen LogP contribution in [-0.2, 0) is 19.6 Å². The van der Waals surface area contributed by atoms with Crippen molar-refractivity contribution in [1.29, 1.82) is 0 Å². The maximum atomic E-state index is 13.4. The van der Waals surface area contributed by atoms with Crippen LogP contribution in [0.4, 0.5) is 4.39 Å². The molecule has 1 unspecified atom stereocenters.